The highest BCUT2D eigenvalue weighted by atomic mass is 32.2. The zero-order valence-electron chi connectivity index (χ0n) is 12.6. The van der Waals surface area contributed by atoms with Crippen molar-refractivity contribution in [2.45, 2.75) is 38.7 Å². The Hall–Kier alpha value is -1.40. The Balaban J connectivity index is 2.65. The minimum atomic E-state index is -3.37. The number of nitrogens with zero attached hydrogens (tertiary/aromatic N) is 1. The van der Waals surface area contributed by atoms with Crippen LogP contribution < -0.4 is 4.72 Å². The number of anilines is 1. The summed E-state index contributed by atoms with van der Waals surface area (Å²) < 4.78 is 25.0. The van der Waals surface area contributed by atoms with E-state index < -0.39 is 16.1 Å². The van der Waals surface area contributed by atoms with Crippen LogP contribution in [0, 0.1) is 0 Å². The number of aliphatic imine (C=N–C) groups is 1. The number of nitrogens with one attached hydrogen (secondary N) is 1. The minimum absolute atomic E-state index is 0.380. The topological polar surface area (TPSA) is 78.8 Å². The molecule has 6 heteroatoms. The third kappa shape index (κ3) is 7.24. The van der Waals surface area contributed by atoms with Crippen molar-refractivity contribution in [3.05, 3.63) is 29.8 Å². The van der Waals surface area contributed by atoms with Gasteiger partial charge in [0, 0.05) is 18.3 Å². The van der Waals surface area contributed by atoms with Gasteiger partial charge in [-0.25, -0.2) is 8.42 Å². The van der Waals surface area contributed by atoms with E-state index in [1.807, 2.05) is 0 Å². The molecular weight excluding hydrogens is 288 g/mol. The SMILES string of the molecule is CCCCCCN=CC(O)c1ccccc1NS(C)(=O)=O. The predicted molar refractivity (Wildman–Crippen MR) is 87.4 cm³/mol. The molecule has 118 valence electrons. The van der Waals surface area contributed by atoms with Crippen LogP contribution in [0.15, 0.2) is 29.3 Å². The summed E-state index contributed by atoms with van der Waals surface area (Å²) in [7, 11) is -3.37. The number of aliphatic hydroxyl groups is 1. The van der Waals surface area contributed by atoms with Gasteiger partial charge in [-0.15, -0.1) is 0 Å². The molecule has 0 radical (unpaired) electrons. The van der Waals surface area contributed by atoms with E-state index in [9.17, 15) is 13.5 Å². The highest BCUT2D eigenvalue weighted by Crippen LogP contribution is 2.22. The summed E-state index contributed by atoms with van der Waals surface area (Å²) in [5, 5.41) is 10.1. The van der Waals surface area contributed by atoms with E-state index in [1.54, 1.807) is 24.3 Å². The van der Waals surface area contributed by atoms with Crippen molar-refractivity contribution >= 4 is 21.9 Å². The Morgan fingerprint density at radius 1 is 1.29 bits per heavy atom. The molecule has 2 N–H and O–H groups in total. The van der Waals surface area contributed by atoms with Crippen LogP contribution in [0.3, 0.4) is 0 Å². The number of aliphatic hydroxyl groups excluding tert-OH is 1. The van der Waals surface area contributed by atoms with Gasteiger partial charge in [0.15, 0.2) is 0 Å². The number of hydrogen-bond donors (Lipinski definition) is 2. The van der Waals surface area contributed by atoms with Gasteiger partial charge in [-0.2, -0.15) is 0 Å². The van der Waals surface area contributed by atoms with E-state index >= 15 is 0 Å². The van der Waals surface area contributed by atoms with Crippen LogP contribution in [0.4, 0.5) is 5.69 Å². The Labute approximate surface area is 127 Å². The van der Waals surface area contributed by atoms with Crippen molar-refractivity contribution in [2.24, 2.45) is 4.99 Å². The molecule has 0 heterocycles. The molecule has 1 unspecified atom stereocenters. The first-order chi connectivity index (χ1) is 9.94. The third-order valence-corrected chi connectivity index (χ3v) is 3.55. The fourth-order valence-corrected chi connectivity index (χ4v) is 2.52. The number of benzene rings is 1. The summed E-state index contributed by atoms with van der Waals surface area (Å²) in [6, 6.07) is 6.77. The minimum Gasteiger partial charge on any atom is -0.383 e. The highest BCUT2D eigenvalue weighted by Gasteiger charge is 2.12. The molecule has 1 atom stereocenters. The molecule has 0 amide bonds. The molecule has 0 saturated carbocycles. The summed E-state index contributed by atoms with van der Waals surface area (Å²) >= 11 is 0. The standard InChI is InChI=1S/C15H24N2O3S/c1-3-4-5-8-11-16-12-15(18)13-9-6-7-10-14(13)17-21(2,19)20/h6-7,9-10,12,15,17-18H,3-5,8,11H2,1-2H3. The van der Waals surface area contributed by atoms with Gasteiger partial charge < -0.3 is 5.11 Å². The monoisotopic (exact) mass is 312 g/mol. The second kappa shape index (κ2) is 8.79. The summed E-state index contributed by atoms with van der Waals surface area (Å²) in [5.74, 6) is 0. The largest absolute Gasteiger partial charge is 0.383 e. The fraction of sp³-hybridized carbons (Fsp3) is 0.533. The Morgan fingerprint density at radius 3 is 2.67 bits per heavy atom. The summed E-state index contributed by atoms with van der Waals surface area (Å²) in [6.07, 6.45) is 6.14. The lowest BCUT2D eigenvalue weighted by Crippen LogP contribution is -2.13. The van der Waals surface area contributed by atoms with Gasteiger partial charge in [-0.3, -0.25) is 9.71 Å². The van der Waals surface area contributed by atoms with Crippen LogP contribution in [0.2, 0.25) is 0 Å². The summed E-state index contributed by atoms with van der Waals surface area (Å²) in [4.78, 5) is 4.20. The zero-order valence-corrected chi connectivity index (χ0v) is 13.4. The van der Waals surface area contributed by atoms with Crippen LogP contribution in [-0.2, 0) is 10.0 Å². The molecule has 0 aliphatic rings. The normalized spacial score (nSPS) is 13.5. The van der Waals surface area contributed by atoms with Crippen molar-refractivity contribution in [3.63, 3.8) is 0 Å². The number of rotatable bonds is 9. The van der Waals surface area contributed by atoms with E-state index in [0.717, 1.165) is 19.1 Å². The maximum absolute atomic E-state index is 11.3. The Morgan fingerprint density at radius 2 is 2.00 bits per heavy atom. The second-order valence-corrected chi connectivity index (χ2v) is 6.77. The highest BCUT2D eigenvalue weighted by molar-refractivity contribution is 7.92. The number of unbranched alkanes of at least 4 members (excludes halogenated alkanes) is 3. The molecule has 1 aromatic rings. The van der Waals surface area contributed by atoms with Crippen LogP contribution in [-0.4, -0.2) is 32.5 Å². The molecule has 0 aromatic heterocycles. The summed E-state index contributed by atoms with van der Waals surface area (Å²) in [5.41, 5.74) is 0.880. The third-order valence-electron chi connectivity index (χ3n) is 2.96. The van der Waals surface area contributed by atoms with Gasteiger partial charge in [0.05, 0.1) is 11.9 Å². The zero-order chi connectivity index (χ0) is 15.7. The lowest BCUT2D eigenvalue weighted by molar-refractivity contribution is 0.253. The Kier molecular flexibility index (Phi) is 7.39. The molecule has 1 aromatic carbocycles. The van der Waals surface area contributed by atoms with Crippen molar-refractivity contribution in [1.29, 1.82) is 0 Å². The lowest BCUT2D eigenvalue weighted by Gasteiger charge is -2.12. The van der Waals surface area contributed by atoms with E-state index in [-0.39, 0.29) is 0 Å². The summed E-state index contributed by atoms with van der Waals surface area (Å²) in [6.45, 7) is 2.83. The van der Waals surface area contributed by atoms with Gasteiger partial charge >= 0.3 is 0 Å². The van der Waals surface area contributed by atoms with E-state index in [2.05, 4.69) is 16.6 Å². The van der Waals surface area contributed by atoms with Gasteiger partial charge in [0.2, 0.25) is 10.0 Å². The molecule has 1 rings (SSSR count). The number of para-hydroxylation sites is 1. The van der Waals surface area contributed by atoms with Gasteiger partial charge in [-0.1, -0.05) is 44.4 Å². The number of hydrogen-bond acceptors (Lipinski definition) is 4. The van der Waals surface area contributed by atoms with E-state index in [1.165, 1.54) is 19.1 Å². The molecule has 0 aliphatic heterocycles. The maximum atomic E-state index is 11.3. The number of sulfonamides is 1. The van der Waals surface area contributed by atoms with Crippen molar-refractivity contribution in [3.8, 4) is 0 Å². The lowest BCUT2D eigenvalue weighted by atomic mass is 10.1. The van der Waals surface area contributed by atoms with E-state index in [4.69, 9.17) is 0 Å². The van der Waals surface area contributed by atoms with Crippen molar-refractivity contribution < 1.29 is 13.5 Å². The van der Waals surface area contributed by atoms with E-state index in [0.29, 0.717) is 17.8 Å². The van der Waals surface area contributed by atoms with Gasteiger partial charge in [0.1, 0.15) is 6.10 Å². The quantitative estimate of drug-likeness (QED) is 0.543. The van der Waals surface area contributed by atoms with Gasteiger partial charge in [0.25, 0.3) is 0 Å². The maximum Gasteiger partial charge on any atom is 0.229 e. The first kappa shape index (κ1) is 17.7. The van der Waals surface area contributed by atoms with Crippen molar-refractivity contribution in [1.82, 2.24) is 0 Å². The molecule has 5 nitrogen and oxygen atoms in total. The molecule has 0 fully saturated rings. The van der Waals surface area contributed by atoms with Crippen LogP contribution >= 0.6 is 0 Å². The average molecular weight is 312 g/mol. The molecule has 0 spiro atoms. The van der Waals surface area contributed by atoms with Crippen molar-refractivity contribution in [2.75, 3.05) is 17.5 Å². The molecule has 21 heavy (non-hydrogen) atoms. The average Bonchev–Trinajstić information content (AvgIpc) is 2.41. The smallest absolute Gasteiger partial charge is 0.229 e. The van der Waals surface area contributed by atoms with Gasteiger partial charge in [-0.05, 0) is 12.5 Å². The first-order valence-electron chi connectivity index (χ1n) is 7.18. The fourth-order valence-electron chi connectivity index (χ4n) is 1.93. The predicted octanol–water partition coefficient (Wildman–Crippen LogP) is 2.74. The van der Waals surface area contributed by atoms with Crippen LogP contribution in [0.5, 0.6) is 0 Å². The first-order valence-corrected chi connectivity index (χ1v) is 9.08. The van der Waals surface area contributed by atoms with Crippen LogP contribution in [0.25, 0.3) is 0 Å². The molecule has 0 aliphatic carbocycles. The Bertz CT molecular complexity index is 556. The second-order valence-electron chi connectivity index (χ2n) is 5.02. The molecule has 0 bridgehead atoms. The van der Waals surface area contributed by atoms with Crippen LogP contribution in [0.1, 0.15) is 44.3 Å². The molecular formula is C15H24N2O3S. The molecule has 0 saturated heterocycles.